The number of ether oxygens (including phenoxy) is 2. The van der Waals surface area contributed by atoms with Gasteiger partial charge in [-0.2, -0.15) is 0 Å². The summed E-state index contributed by atoms with van der Waals surface area (Å²) in [6.45, 7) is 6.84. The number of methoxy groups -OCH3 is 1. The molecule has 0 aliphatic carbocycles. The van der Waals surface area contributed by atoms with Gasteiger partial charge in [0.25, 0.3) is 11.7 Å². The summed E-state index contributed by atoms with van der Waals surface area (Å²) in [7, 11) is 1.54. The fourth-order valence-corrected chi connectivity index (χ4v) is 4.29. The topological polar surface area (TPSA) is 93.4 Å². The quantitative estimate of drug-likeness (QED) is 0.310. The first-order chi connectivity index (χ1) is 16.4. The van der Waals surface area contributed by atoms with Crippen LogP contribution in [0.25, 0.3) is 11.4 Å². The molecule has 1 unspecified atom stereocenters. The number of ketones is 1. The Balaban J connectivity index is 1.85. The summed E-state index contributed by atoms with van der Waals surface area (Å²) >= 11 is 0. The molecule has 3 heterocycles. The second-order valence-electron chi connectivity index (χ2n) is 8.33. The fourth-order valence-electron chi connectivity index (χ4n) is 4.29. The van der Waals surface area contributed by atoms with E-state index in [1.165, 1.54) is 12.0 Å². The molecule has 1 aromatic carbocycles. The van der Waals surface area contributed by atoms with E-state index in [-0.39, 0.29) is 30.2 Å². The fraction of sp³-hybridized carbons (Fsp3) is 0.346. The first-order valence-corrected chi connectivity index (χ1v) is 11.3. The van der Waals surface area contributed by atoms with Gasteiger partial charge in [0, 0.05) is 19.9 Å². The van der Waals surface area contributed by atoms with Crippen molar-refractivity contribution in [2.45, 2.75) is 33.2 Å². The van der Waals surface area contributed by atoms with Gasteiger partial charge in [-0.15, -0.1) is 0 Å². The van der Waals surface area contributed by atoms with Crippen LogP contribution in [-0.4, -0.2) is 57.9 Å². The maximum absolute atomic E-state index is 13.2. The molecular formula is C26H29N3O5. The van der Waals surface area contributed by atoms with Gasteiger partial charge >= 0.3 is 0 Å². The number of hydrogen-bond acceptors (Lipinski definition) is 6. The summed E-state index contributed by atoms with van der Waals surface area (Å²) in [4.78, 5) is 32.2. The number of Topliss-reactive ketones (excluding diaryl/α,β-unsaturated/α-hetero) is 1. The van der Waals surface area contributed by atoms with Gasteiger partial charge in [0.2, 0.25) is 0 Å². The third kappa shape index (κ3) is 4.05. The van der Waals surface area contributed by atoms with Gasteiger partial charge in [-0.25, -0.2) is 4.98 Å². The maximum Gasteiger partial charge on any atom is 0.295 e. The van der Waals surface area contributed by atoms with Gasteiger partial charge in [-0.05, 0) is 49.6 Å². The number of fused-ring (bicyclic) bond motifs is 1. The lowest BCUT2D eigenvalue weighted by Crippen LogP contribution is -2.32. The van der Waals surface area contributed by atoms with Gasteiger partial charge in [0.15, 0.2) is 5.76 Å². The van der Waals surface area contributed by atoms with Crippen LogP contribution in [-0.2, 0) is 14.3 Å². The van der Waals surface area contributed by atoms with Crippen LogP contribution in [0.4, 0.5) is 0 Å². The highest BCUT2D eigenvalue weighted by molar-refractivity contribution is 6.46. The van der Waals surface area contributed by atoms with Crippen LogP contribution in [0.2, 0.25) is 0 Å². The van der Waals surface area contributed by atoms with Crippen LogP contribution >= 0.6 is 0 Å². The first kappa shape index (κ1) is 23.5. The van der Waals surface area contributed by atoms with Crippen LogP contribution in [0.3, 0.4) is 0 Å². The summed E-state index contributed by atoms with van der Waals surface area (Å²) in [6, 6.07) is 10.3. The summed E-state index contributed by atoms with van der Waals surface area (Å²) < 4.78 is 12.7. The van der Waals surface area contributed by atoms with Crippen LogP contribution in [0.1, 0.15) is 41.9 Å². The number of imidazole rings is 1. The molecule has 0 bridgehead atoms. The number of aliphatic hydroxyl groups is 1. The number of aryl methyl sites for hydroxylation is 2. The number of carbonyl (C=O) groups excluding carboxylic acids is 2. The van der Waals surface area contributed by atoms with Gasteiger partial charge in [0.05, 0.1) is 30.5 Å². The highest BCUT2D eigenvalue weighted by atomic mass is 16.5. The molecule has 0 radical (unpaired) electrons. The van der Waals surface area contributed by atoms with E-state index in [0.29, 0.717) is 29.3 Å². The van der Waals surface area contributed by atoms with Crippen molar-refractivity contribution in [2.24, 2.45) is 0 Å². The van der Waals surface area contributed by atoms with E-state index < -0.39 is 17.7 Å². The minimum Gasteiger partial charge on any atom is -0.505 e. The van der Waals surface area contributed by atoms with Crippen molar-refractivity contribution in [3.05, 3.63) is 70.7 Å². The standard InChI is InChI=1S/C26H29N3O5/c1-5-14-34-19-10-8-18(9-11-19)22-20(24(31)26(32)29(22)13-15-33-4)23(30)21-17(3)28-12-6-7-16(2)25(28)27-21/h6-12,22,30H,5,13-15H2,1-4H3. The van der Waals surface area contributed by atoms with Crippen LogP contribution in [0.5, 0.6) is 5.75 Å². The Bertz CT molecular complexity index is 1260. The zero-order valence-electron chi connectivity index (χ0n) is 19.9. The number of nitrogens with zero attached hydrogens (tertiary/aromatic N) is 3. The third-order valence-electron chi connectivity index (χ3n) is 6.05. The van der Waals surface area contributed by atoms with Gasteiger partial charge in [-0.1, -0.05) is 25.1 Å². The summed E-state index contributed by atoms with van der Waals surface area (Å²) in [5, 5.41) is 11.4. The summed E-state index contributed by atoms with van der Waals surface area (Å²) in [5.41, 5.74) is 3.30. The predicted octanol–water partition coefficient (Wildman–Crippen LogP) is 3.81. The molecule has 1 aliphatic rings. The summed E-state index contributed by atoms with van der Waals surface area (Å²) in [6.07, 6.45) is 2.74. The molecule has 8 heteroatoms. The minimum atomic E-state index is -0.763. The Kier molecular flexibility index (Phi) is 6.70. The SMILES string of the molecule is CCCOc1ccc(C2C(=C(O)c3nc4c(C)cccn4c3C)C(=O)C(=O)N2CCOC)cc1. The highest BCUT2D eigenvalue weighted by Gasteiger charge is 2.46. The zero-order chi connectivity index (χ0) is 24.4. The van der Waals surface area contributed by atoms with Crippen molar-refractivity contribution < 1.29 is 24.2 Å². The average Bonchev–Trinajstić information content (AvgIpc) is 3.31. The molecule has 0 saturated carbocycles. The molecule has 8 nitrogen and oxygen atoms in total. The molecular weight excluding hydrogens is 434 g/mol. The van der Waals surface area contributed by atoms with E-state index in [1.54, 1.807) is 12.1 Å². The van der Waals surface area contributed by atoms with E-state index >= 15 is 0 Å². The van der Waals surface area contributed by atoms with Gasteiger partial charge in [0.1, 0.15) is 17.1 Å². The minimum absolute atomic E-state index is 0.0208. The lowest BCUT2D eigenvalue weighted by molar-refractivity contribution is -0.140. The molecule has 1 atom stereocenters. The van der Waals surface area contributed by atoms with Crippen molar-refractivity contribution in [1.82, 2.24) is 14.3 Å². The number of aromatic nitrogens is 2. The van der Waals surface area contributed by atoms with Crippen molar-refractivity contribution in [1.29, 1.82) is 0 Å². The van der Waals surface area contributed by atoms with Gasteiger partial charge in [-0.3, -0.25) is 9.59 Å². The first-order valence-electron chi connectivity index (χ1n) is 11.3. The Hall–Kier alpha value is -3.65. The monoisotopic (exact) mass is 463 g/mol. The zero-order valence-corrected chi connectivity index (χ0v) is 19.9. The molecule has 3 aromatic rings. The lowest BCUT2D eigenvalue weighted by atomic mass is 9.96. The smallest absolute Gasteiger partial charge is 0.295 e. The van der Waals surface area contributed by atoms with E-state index in [2.05, 4.69) is 4.98 Å². The molecule has 178 valence electrons. The van der Waals surface area contributed by atoms with Crippen molar-refractivity contribution in [3.63, 3.8) is 0 Å². The molecule has 1 saturated heterocycles. The largest absolute Gasteiger partial charge is 0.505 e. The highest BCUT2D eigenvalue weighted by Crippen LogP contribution is 2.40. The molecule has 1 N–H and O–H groups in total. The Morgan fingerprint density at radius 1 is 1.12 bits per heavy atom. The van der Waals surface area contributed by atoms with Crippen molar-refractivity contribution in [2.75, 3.05) is 26.9 Å². The number of amides is 1. The van der Waals surface area contributed by atoms with E-state index in [9.17, 15) is 14.7 Å². The van der Waals surface area contributed by atoms with E-state index in [1.807, 2.05) is 55.6 Å². The molecule has 0 spiro atoms. The normalized spacial score (nSPS) is 17.6. The number of likely N-dealkylation sites (tertiary alicyclic amines) is 1. The molecule has 1 amide bonds. The van der Waals surface area contributed by atoms with Crippen molar-refractivity contribution in [3.8, 4) is 5.75 Å². The second-order valence-corrected chi connectivity index (χ2v) is 8.33. The van der Waals surface area contributed by atoms with Crippen LogP contribution in [0.15, 0.2) is 48.2 Å². The average molecular weight is 464 g/mol. The number of benzene rings is 1. The molecule has 4 rings (SSSR count). The molecule has 2 aromatic heterocycles. The number of aliphatic hydroxyl groups excluding tert-OH is 1. The Labute approximate surface area is 198 Å². The summed E-state index contributed by atoms with van der Waals surface area (Å²) in [5.74, 6) is -0.994. The maximum atomic E-state index is 13.2. The number of pyridine rings is 1. The third-order valence-corrected chi connectivity index (χ3v) is 6.05. The second kappa shape index (κ2) is 9.69. The Morgan fingerprint density at radius 3 is 2.50 bits per heavy atom. The Morgan fingerprint density at radius 2 is 1.85 bits per heavy atom. The van der Waals surface area contributed by atoms with Crippen LogP contribution < -0.4 is 4.74 Å². The van der Waals surface area contributed by atoms with E-state index in [4.69, 9.17) is 9.47 Å². The van der Waals surface area contributed by atoms with Gasteiger partial charge < -0.3 is 23.9 Å². The molecule has 1 fully saturated rings. The molecule has 34 heavy (non-hydrogen) atoms. The number of hydrogen-bond donors (Lipinski definition) is 1. The number of carbonyl (C=O) groups is 2. The predicted molar refractivity (Wildman–Crippen MR) is 128 cm³/mol. The van der Waals surface area contributed by atoms with E-state index in [0.717, 1.165) is 12.0 Å². The van der Waals surface area contributed by atoms with Crippen molar-refractivity contribution >= 4 is 23.1 Å². The molecule has 1 aliphatic heterocycles. The lowest BCUT2D eigenvalue weighted by Gasteiger charge is -2.25. The van der Waals surface area contributed by atoms with Crippen LogP contribution in [0, 0.1) is 13.8 Å². The number of rotatable bonds is 8.